The Bertz CT molecular complexity index is 2070. The van der Waals surface area contributed by atoms with Gasteiger partial charge in [-0.25, -0.2) is 9.59 Å². The number of carbonyl (C=O) groups excluding carboxylic acids is 4. The number of allylic oxidation sites excluding steroid dienone is 3. The molecule has 60 heavy (non-hydrogen) atoms. The summed E-state index contributed by atoms with van der Waals surface area (Å²) in [5, 5.41) is 5.44. The number of methoxy groups -OCH3 is 3. The summed E-state index contributed by atoms with van der Waals surface area (Å²) in [6.45, 7) is 7.56. The summed E-state index contributed by atoms with van der Waals surface area (Å²) in [5.74, 6) is 0.622. The first-order valence-corrected chi connectivity index (χ1v) is 21.4. The number of aliphatic imine (C=N–C) groups is 1. The third-order valence-corrected chi connectivity index (χ3v) is 12.8. The maximum atomic E-state index is 13.9. The number of benzene rings is 2. The molecule has 4 heterocycles. The number of nitrogens with one attached hydrogen (secondary N) is 2. The van der Waals surface area contributed by atoms with Crippen LogP contribution in [-0.2, 0) is 28.5 Å². The van der Waals surface area contributed by atoms with Gasteiger partial charge in [-0.05, 0) is 96.8 Å². The summed E-state index contributed by atoms with van der Waals surface area (Å²) in [7, 11) is 4.11. The van der Waals surface area contributed by atoms with Crippen molar-refractivity contribution in [3.8, 4) is 11.1 Å². The van der Waals surface area contributed by atoms with Crippen molar-refractivity contribution in [2.24, 2.45) is 10.9 Å². The van der Waals surface area contributed by atoms with E-state index in [1.807, 2.05) is 29.8 Å². The number of rotatable bonds is 12. The highest BCUT2D eigenvalue weighted by molar-refractivity contribution is 6.03. The Labute approximate surface area is 353 Å². The lowest BCUT2D eigenvalue weighted by molar-refractivity contribution is -0.138. The van der Waals surface area contributed by atoms with E-state index in [1.165, 1.54) is 38.0 Å². The Hall–Kier alpha value is -5.43. The number of fused-ring (bicyclic) bond motifs is 1. The quantitative estimate of drug-likeness (QED) is 0.227. The summed E-state index contributed by atoms with van der Waals surface area (Å²) in [6.07, 6.45) is 7.83. The second-order valence-corrected chi connectivity index (χ2v) is 16.7. The molecule has 7 rings (SSSR count). The summed E-state index contributed by atoms with van der Waals surface area (Å²) in [6, 6.07) is 15.5. The first-order chi connectivity index (χ1) is 29.0. The standard InChI is InChI=1S/C47H59N5O8/c1-28(2)41(49-46(55)58-5)44(53)51-23-9-13-39(51)37-26-36(43-35(37)11-10-24-60-43)33-20-18-31(19-21-33)30-14-16-32(17-15-30)34-25-38(48-27-34)40-12-7-8-22-52(40)45(54)42(29(3)57-4)50-47(56)59-6/h14-21,27-29,39-42H,7-13,22-26H2,1-6H3,(H,49,55)(H,50,56)/t29-,39+,40+,41+,42+/m1/s1. The van der Waals surface area contributed by atoms with Crippen molar-refractivity contribution in [3.63, 3.8) is 0 Å². The van der Waals surface area contributed by atoms with Gasteiger partial charge in [0.2, 0.25) is 11.8 Å². The maximum Gasteiger partial charge on any atom is 0.407 e. The molecule has 320 valence electrons. The van der Waals surface area contributed by atoms with Crippen molar-refractivity contribution in [1.29, 1.82) is 0 Å². The lowest BCUT2D eigenvalue weighted by Crippen LogP contribution is -2.58. The minimum Gasteiger partial charge on any atom is -0.493 e. The molecular weight excluding hydrogens is 763 g/mol. The first kappa shape index (κ1) is 42.7. The number of amides is 4. The normalized spacial score (nSPS) is 21.8. The van der Waals surface area contributed by atoms with E-state index in [4.69, 9.17) is 23.9 Å². The number of likely N-dealkylation sites (tertiary alicyclic amines) is 2. The summed E-state index contributed by atoms with van der Waals surface area (Å²) >= 11 is 0. The van der Waals surface area contributed by atoms with Crippen molar-refractivity contribution in [2.75, 3.05) is 41.0 Å². The molecule has 0 aromatic heterocycles. The zero-order valence-electron chi connectivity index (χ0n) is 35.8. The van der Waals surface area contributed by atoms with Gasteiger partial charge in [0.1, 0.15) is 17.8 Å². The van der Waals surface area contributed by atoms with E-state index in [0.717, 1.165) is 90.7 Å². The van der Waals surface area contributed by atoms with Gasteiger partial charge < -0.3 is 39.4 Å². The van der Waals surface area contributed by atoms with E-state index in [9.17, 15) is 19.2 Å². The second kappa shape index (κ2) is 18.9. The number of piperidine rings is 1. The molecular formula is C47H59N5O8. The molecule has 0 radical (unpaired) electrons. The van der Waals surface area contributed by atoms with Gasteiger partial charge in [0.15, 0.2) is 0 Å². The number of hydrogen-bond donors (Lipinski definition) is 2. The van der Waals surface area contributed by atoms with Crippen molar-refractivity contribution in [1.82, 2.24) is 20.4 Å². The van der Waals surface area contributed by atoms with Crippen LogP contribution in [0.2, 0.25) is 0 Å². The molecule has 4 aliphatic heterocycles. The average molecular weight is 822 g/mol. The average Bonchev–Trinajstić information content (AvgIpc) is 4.06. The van der Waals surface area contributed by atoms with Crippen molar-refractivity contribution < 1.29 is 38.1 Å². The van der Waals surface area contributed by atoms with E-state index < -0.39 is 30.4 Å². The predicted octanol–water partition coefficient (Wildman–Crippen LogP) is 7.27. The van der Waals surface area contributed by atoms with E-state index in [2.05, 4.69) is 59.2 Å². The first-order valence-electron chi connectivity index (χ1n) is 21.4. The Morgan fingerprint density at radius 3 is 1.93 bits per heavy atom. The SMILES string of the molecule is COC(=O)N[C@H](C(=O)N1CCC[C@H]1C1=C2CCCOC2=C(c2ccc(-c3ccc(C4=CN=C([C@@H]5CCCCN5C(=O)[C@@H](NC(=O)OC)[C@@H](C)OC)C4)cc3)cc2)C1)C(C)C. The molecule has 4 amide bonds. The monoisotopic (exact) mass is 821 g/mol. The van der Waals surface area contributed by atoms with Crippen LogP contribution in [0.3, 0.4) is 0 Å². The summed E-state index contributed by atoms with van der Waals surface area (Å²) in [5.41, 5.74) is 10.1. The van der Waals surface area contributed by atoms with Gasteiger partial charge in [0, 0.05) is 50.5 Å². The van der Waals surface area contributed by atoms with Crippen LogP contribution in [0, 0.1) is 5.92 Å². The van der Waals surface area contributed by atoms with E-state index >= 15 is 0 Å². The second-order valence-electron chi connectivity index (χ2n) is 16.7. The lowest BCUT2D eigenvalue weighted by Gasteiger charge is -2.39. The molecule has 5 atom stereocenters. The maximum absolute atomic E-state index is 13.9. The van der Waals surface area contributed by atoms with Gasteiger partial charge in [0.05, 0.1) is 39.0 Å². The summed E-state index contributed by atoms with van der Waals surface area (Å²) < 4.78 is 21.5. The Balaban J connectivity index is 1.01. The molecule has 13 nitrogen and oxygen atoms in total. The number of ether oxygens (including phenoxy) is 4. The zero-order chi connectivity index (χ0) is 42.5. The van der Waals surface area contributed by atoms with Crippen LogP contribution in [0.5, 0.6) is 0 Å². The zero-order valence-corrected chi connectivity index (χ0v) is 35.8. The molecule has 0 saturated carbocycles. The number of hydrogen-bond acceptors (Lipinski definition) is 9. The van der Waals surface area contributed by atoms with E-state index in [1.54, 1.807) is 6.92 Å². The third kappa shape index (κ3) is 8.87. The van der Waals surface area contributed by atoms with Gasteiger partial charge in [-0.1, -0.05) is 62.4 Å². The van der Waals surface area contributed by atoms with E-state index in [-0.39, 0.29) is 29.8 Å². The minimum atomic E-state index is -0.871. The molecule has 0 bridgehead atoms. The molecule has 3 fully saturated rings. The molecule has 5 aliphatic rings. The predicted molar refractivity (Wildman–Crippen MR) is 230 cm³/mol. The van der Waals surface area contributed by atoms with Crippen molar-refractivity contribution in [3.05, 3.63) is 82.8 Å². The molecule has 2 N–H and O–H groups in total. The molecule has 0 spiro atoms. The number of carbonyl (C=O) groups is 4. The Morgan fingerprint density at radius 2 is 1.28 bits per heavy atom. The molecule has 0 unspecified atom stereocenters. The van der Waals surface area contributed by atoms with Crippen LogP contribution in [0.15, 0.2) is 76.6 Å². The van der Waals surface area contributed by atoms with Crippen LogP contribution in [0.1, 0.15) is 89.7 Å². The van der Waals surface area contributed by atoms with Gasteiger partial charge in [-0.3, -0.25) is 14.6 Å². The largest absolute Gasteiger partial charge is 0.493 e. The fourth-order valence-electron chi connectivity index (χ4n) is 9.39. The van der Waals surface area contributed by atoms with Crippen molar-refractivity contribution >= 4 is 40.9 Å². The van der Waals surface area contributed by atoms with Crippen LogP contribution in [0.25, 0.3) is 22.3 Å². The molecule has 2 aromatic rings. The van der Waals surface area contributed by atoms with E-state index in [0.29, 0.717) is 26.1 Å². The highest BCUT2D eigenvalue weighted by atomic mass is 16.5. The Kier molecular flexibility index (Phi) is 13.4. The highest BCUT2D eigenvalue weighted by Gasteiger charge is 2.42. The van der Waals surface area contributed by atoms with Crippen LogP contribution in [-0.4, -0.2) is 111 Å². The smallest absolute Gasteiger partial charge is 0.407 e. The summed E-state index contributed by atoms with van der Waals surface area (Å²) in [4.78, 5) is 60.7. The molecule has 13 heteroatoms. The topological polar surface area (TPSA) is 148 Å². The lowest BCUT2D eigenvalue weighted by atomic mass is 9.91. The van der Waals surface area contributed by atoms with Gasteiger partial charge in [-0.2, -0.15) is 0 Å². The van der Waals surface area contributed by atoms with Gasteiger partial charge in [0.25, 0.3) is 0 Å². The fraction of sp³-hybridized carbons (Fsp3) is 0.511. The fourth-order valence-corrected chi connectivity index (χ4v) is 9.39. The molecule has 1 aliphatic carbocycles. The van der Waals surface area contributed by atoms with Crippen LogP contribution in [0.4, 0.5) is 9.59 Å². The van der Waals surface area contributed by atoms with Gasteiger partial charge >= 0.3 is 12.2 Å². The molecule has 3 saturated heterocycles. The van der Waals surface area contributed by atoms with Crippen molar-refractivity contribution in [2.45, 2.75) is 109 Å². The highest BCUT2D eigenvalue weighted by Crippen LogP contribution is 2.47. The number of nitrogens with zero attached hydrogens (tertiary/aromatic N) is 3. The molecule has 2 aromatic carbocycles. The minimum absolute atomic E-state index is 0.0341. The Morgan fingerprint density at radius 1 is 0.700 bits per heavy atom. The van der Waals surface area contributed by atoms with Gasteiger partial charge in [-0.15, -0.1) is 0 Å². The van der Waals surface area contributed by atoms with Crippen LogP contribution >= 0.6 is 0 Å². The number of alkyl carbamates (subject to hydrolysis) is 2. The third-order valence-electron chi connectivity index (χ3n) is 12.8. The van der Waals surface area contributed by atoms with Crippen LogP contribution < -0.4 is 10.6 Å².